The van der Waals surface area contributed by atoms with E-state index < -0.39 is 0 Å². The Morgan fingerprint density at radius 2 is 1.97 bits per heavy atom. The number of methoxy groups -OCH3 is 1. The first kappa shape index (κ1) is 25.9. The van der Waals surface area contributed by atoms with Gasteiger partial charge in [-0.2, -0.15) is 0 Å². The average Bonchev–Trinajstić information content (AvgIpc) is 2.72. The minimum Gasteiger partial charge on any atom is -0.496 e. The van der Waals surface area contributed by atoms with Gasteiger partial charge >= 0.3 is 0 Å². The number of guanidine groups is 1. The zero-order chi connectivity index (χ0) is 20.2. The van der Waals surface area contributed by atoms with Crippen molar-refractivity contribution in [3.05, 3.63) is 29.8 Å². The van der Waals surface area contributed by atoms with Gasteiger partial charge in [0.2, 0.25) is 0 Å². The summed E-state index contributed by atoms with van der Waals surface area (Å²) < 4.78 is 11.0. The van der Waals surface area contributed by atoms with Crippen molar-refractivity contribution in [3.8, 4) is 5.75 Å². The topological polar surface area (TPSA) is 61.4 Å². The third-order valence-corrected chi connectivity index (χ3v) is 4.94. The van der Waals surface area contributed by atoms with Crippen molar-refractivity contribution >= 4 is 29.9 Å². The second-order valence-corrected chi connectivity index (χ2v) is 7.18. The van der Waals surface area contributed by atoms with Crippen molar-refractivity contribution in [3.63, 3.8) is 0 Å². The van der Waals surface area contributed by atoms with E-state index in [0.717, 1.165) is 69.6 Å². The number of nitrogens with one attached hydrogen (secondary N) is 2. The van der Waals surface area contributed by atoms with Gasteiger partial charge in [-0.3, -0.25) is 9.89 Å². The van der Waals surface area contributed by atoms with Gasteiger partial charge in [-0.1, -0.05) is 18.2 Å². The van der Waals surface area contributed by atoms with Crippen LogP contribution >= 0.6 is 24.0 Å². The van der Waals surface area contributed by atoms with Gasteiger partial charge in [0.25, 0.3) is 0 Å². The lowest BCUT2D eigenvalue weighted by Gasteiger charge is -2.26. The molecule has 1 fully saturated rings. The molecule has 1 aliphatic rings. The van der Waals surface area contributed by atoms with Crippen molar-refractivity contribution in [1.29, 1.82) is 0 Å². The highest BCUT2D eigenvalue weighted by Gasteiger charge is 2.18. The molecule has 2 N–H and O–H groups in total. The molecule has 1 atom stereocenters. The Bertz CT molecular complexity index is 594. The minimum absolute atomic E-state index is 0. The molecule has 2 rings (SSSR count). The van der Waals surface area contributed by atoms with Crippen molar-refractivity contribution in [2.24, 2.45) is 4.99 Å². The molecule has 1 heterocycles. The van der Waals surface area contributed by atoms with Crippen LogP contribution < -0.4 is 15.4 Å². The van der Waals surface area contributed by atoms with Gasteiger partial charge in [0.1, 0.15) is 5.75 Å². The molecule has 0 spiro atoms. The molecule has 29 heavy (non-hydrogen) atoms. The number of hydrogen-bond donors (Lipinski definition) is 2. The summed E-state index contributed by atoms with van der Waals surface area (Å²) in [6.07, 6.45) is 1.09. The molecule has 0 saturated carbocycles. The SMILES string of the molecule is CCNC(=NCC(c1ccccc1OC)N(C)C)NCCCN1CCOCC1.I. The van der Waals surface area contributed by atoms with Gasteiger partial charge in [0, 0.05) is 31.7 Å². The molecule has 0 aliphatic carbocycles. The highest BCUT2D eigenvalue weighted by atomic mass is 127. The third-order valence-electron chi connectivity index (χ3n) is 4.94. The Morgan fingerprint density at radius 3 is 2.62 bits per heavy atom. The van der Waals surface area contributed by atoms with Crippen LogP contribution in [0.25, 0.3) is 0 Å². The maximum atomic E-state index is 5.55. The highest BCUT2D eigenvalue weighted by molar-refractivity contribution is 14.0. The number of halogens is 1. The molecule has 1 aliphatic heterocycles. The van der Waals surface area contributed by atoms with Gasteiger partial charge in [0.15, 0.2) is 5.96 Å². The number of para-hydroxylation sites is 1. The Kier molecular flexibility index (Phi) is 13.2. The molecule has 0 aromatic heterocycles. The molecule has 8 heteroatoms. The van der Waals surface area contributed by atoms with E-state index in [-0.39, 0.29) is 30.0 Å². The Hall–Kier alpha value is -1.10. The molecule has 1 saturated heterocycles. The van der Waals surface area contributed by atoms with Crippen LogP contribution in [0.2, 0.25) is 0 Å². The third kappa shape index (κ3) is 9.06. The number of benzene rings is 1. The average molecular weight is 519 g/mol. The van der Waals surface area contributed by atoms with E-state index in [1.165, 1.54) is 0 Å². The summed E-state index contributed by atoms with van der Waals surface area (Å²) >= 11 is 0. The van der Waals surface area contributed by atoms with Crippen molar-refractivity contribution < 1.29 is 9.47 Å². The van der Waals surface area contributed by atoms with E-state index in [1.54, 1.807) is 7.11 Å². The number of hydrogen-bond acceptors (Lipinski definition) is 5. The van der Waals surface area contributed by atoms with Crippen LogP contribution in [0.5, 0.6) is 5.75 Å². The number of morpholine rings is 1. The first-order valence-corrected chi connectivity index (χ1v) is 10.3. The lowest BCUT2D eigenvalue weighted by atomic mass is 10.0. The fourth-order valence-corrected chi connectivity index (χ4v) is 3.34. The van der Waals surface area contributed by atoms with Gasteiger partial charge in [-0.05, 0) is 40.1 Å². The molecule has 0 amide bonds. The predicted octanol–water partition coefficient (Wildman–Crippen LogP) is 2.19. The summed E-state index contributed by atoms with van der Waals surface area (Å²) in [5.41, 5.74) is 1.15. The number of rotatable bonds is 10. The molecule has 0 bridgehead atoms. The lowest BCUT2D eigenvalue weighted by molar-refractivity contribution is 0.0376. The van der Waals surface area contributed by atoms with Crippen LogP contribution in [-0.4, -0.2) is 89.4 Å². The Balaban J connectivity index is 0.00000420. The van der Waals surface area contributed by atoms with E-state index in [2.05, 4.69) is 47.5 Å². The van der Waals surface area contributed by atoms with E-state index in [4.69, 9.17) is 14.5 Å². The van der Waals surface area contributed by atoms with Gasteiger partial charge < -0.3 is 25.0 Å². The molecule has 7 nitrogen and oxygen atoms in total. The van der Waals surface area contributed by atoms with Crippen LogP contribution in [-0.2, 0) is 4.74 Å². The standard InChI is InChI=1S/C21H37N5O2.HI/c1-5-22-21(23-11-8-12-26-13-15-28-16-14-26)24-17-19(25(2)3)18-9-6-7-10-20(18)27-4;/h6-7,9-10,19H,5,8,11-17H2,1-4H3,(H2,22,23,24);1H. The fourth-order valence-electron chi connectivity index (χ4n) is 3.34. The molecule has 1 unspecified atom stereocenters. The molecule has 1 aromatic rings. The molecular formula is C21H38IN5O2. The summed E-state index contributed by atoms with van der Waals surface area (Å²) in [6, 6.07) is 8.32. The zero-order valence-corrected chi connectivity index (χ0v) is 20.6. The summed E-state index contributed by atoms with van der Waals surface area (Å²) in [7, 11) is 5.87. The first-order valence-electron chi connectivity index (χ1n) is 10.3. The minimum atomic E-state index is 0. The number of aliphatic imine (C=N–C) groups is 1. The lowest BCUT2D eigenvalue weighted by Crippen LogP contribution is -2.41. The summed E-state index contributed by atoms with van der Waals surface area (Å²) in [6.45, 7) is 9.38. The maximum Gasteiger partial charge on any atom is 0.191 e. The monoisotopic (exact) mass is 519 g/mol. The van der Waals surface area contributed by atoms with Crippen molar-refractivity contribution in [1.82, 2.24) is 20.4 Å². The smallest absolute Gasteiger partial charge is 0.191 e. The van der Waals surface area contributed by atoms with Crippen LogP contribution in [0.15, 0.2) is 29.3 Å². The summed E-state index contributed by atoms with van der Waals surface area (Å²) in [5.74, 6) is 1.77. The maximum absolute atomic E-state index is 5.55. The van der Waals surface area contributed by atoms with Gasteiger partial charge in [0.05, 0.1) is 32.9 Å². The first-order chi connectivity index (χ1) is 13.7. The Morgan fingerprint density at radius 1 is 1.24 bits per heavy atom. The van der Waals surface area contributed by atoms with E-state index in [9.17, 15) is 0 Å². The van der Waals surface area contributed by atoms with Crippen LogP contribution in [0.3, 0.4) is 0 Å². The zero-order valence-electron chi connectivity index (χ0n) is 18.3. The van der Waals surface area contributed by atoms with Crippen LogP contribution in [0.1, 0.15) is 24.9 Å². The predicted molar refractivity (Wildman–Crippen MR) is 131 cm³/mol. The second kappa shape index (κ2) is 14.8. The number of ether oxygens (including phenoxy) is 2. The quantitative estimate of drug-likeness (QED) is 0.214. The molecular weight excluding hydrogens is 481 g/mol. The Labute approximate surface area is 193 Å². The normalized spacial score (nSPS) is 16.2. The van der Waals surface area contributed by atoms with E-state index in [1.807, 2.05) is 18.2 Å². The molecule has 0 radical (unpaired) electrons. The highest BCUT2D eigenvalue weighted by Crippen LogP contribution is 2.28. The van der Waals surface area contributed by atoms with E-state index in [0.29, 0.717) is 6.54 Å². The van der Waals surface area contributed by atoms with Crippen LogP contribution in [0, 0.1) is 0 Å². The fraction of sp³-hybridized carbons (Fsp3) is 0.667. The van der Waals surface area contributed by atoms with Crippen LogP contribution in [0.4, 0.5) is 0 Å². The summed E-state index contributed by atoms with van der Waals surface area (Å²) in [5, 5.41) is 6.82. The summed E-state index contributed by atoms with van der Waals surface area (Å²) in [4.78, 5) is 9.48. The van der Waals surface area contributed by atoms with Gasteiger partial charge in [-0.25, -0.2) is 0 Å². The number of likely N-dealkylation sites (N-methyl/N-ethyl adjacent to an activating group) is 1. The largest absolute Gasteiger partial charge is 0.496 e. The van der Waals surface area contributed by atoms with E-state index >= 15 is 0 Å². The number of nitrogens with zero attached hydrogens (tertiary/aromatic N) is 3. The second-order valence-electron chi connectivity index (χ2n) is 7.18. The molecule has 1 aromatic carbocycles. The van der Waals surface area contributed by atoms with Crippen molar-refractivity contribution in [2.45, 2.75) is 19.4 Å². The van der Waals surface area contributed by atoms with Crippen molar-refractivity contribution in [2.75, 3.05) is 73.7 Å². The molecule has 166 valence electrons. The van der Waals surface area contributed by atoms with Gasteiger partial charge in [-0.15, -0.1) is 24.0 Å².